The number of ether oxygens (including phenoxy) is 2. The summed E-state index contributed by atoms with van der Waals surface area (Å²) < 4.78 is 11.1. The van der Waals surface area contributed by atoms with Gasteiger partial charge in [-0.15, -0.1) is 0 Å². The SMILES string of the molecule is COc1cc(C2C(C(=O)c3ccc(OCC(C)C)c(C)c3)C(=O)C(=O)N2CCC[NH+](C)C)ccc1O. The highest BCUT2D eigenvalue weighted by molar-refractivity contribution is 6.44. The Balaban J connectivity index is 1.99. The monoisotopic (exact) mass is 497 g/mol. The number of nitrogens with one attached hydrogen (secondary N) is 1. The van der Waals surface area contributed by atoms with Gasteiger partial charge in [0.2, 0.25) is 5.78 Å². The third-order valence-corrected chi connectivity index (χ3v) is 6.34. The molecule has 1 fully saturated rings. The van der Waals surface area contributed by atoms with Crippen molar-refractivity contribution in [2.75, 3.05) is 40.9 Å². The molecule has 8 nitrogen and oxygen atoms in total. The van der Waals surface area contributed by atoms with Crippen molar-refractivity contribution in [1.82, 2.24) is 4.90 Å². The number of hydrogen-bond acceptors (Lipinski definition) is 6. The zero-order chi connectivity index (χ0) is 26.6. The quantitative estimate of drug-likeness (QED) is 0.281. The van der Waals surface area contributed by atoms with Crippen molar-refractivity contribution in [3.8, 4) is 17.2 Å². The molecular formula is C28H37N2O6+. The number of amides is 1. The number of likely N-dealkylation sites (tertiary alicyclic amines) is 1. The van der Waals surface area contributed by atoms with Crippen LogP contribution >= 0.6 is 0 Å². The number of Topliss-reactive ketones (excluding diaryl/α,β-unsaturated/α-hetero) is 2. The average molecular weight is 498 g/mol. The van der Waals surface area contributed by atoms with Gasteiger partial charge in [-0.25, -0.2) is 0 Å². The second kappa shape index (κ2) is 11.6. The van der Waals surface area contributed by atoms with Crippen LogP contribution in [0.2, 0.25) is 0 Å². The zero-order valence-corrected chi connectivity index (χ0v) is 22.0. The number of aryl methyl sites for hydroxylation is 1. The number of hydrogen-bond donors (Lipinski definition) is 2. The maximum absolute atomic E-state index is 13.7. The molecule has 2 aromatic rings. The molecule has 2 atom stereocenters. The molecule has 36 heavy (non-hydrogen) atoms. The van der Waals surface area contributed by atoms with Crippen LogP contribution in [-0.4, -0.2) is 68.4 Å². The Bertz CT molecular complexity index is 1130. The van der Waals surface area contributed by atoms with Gasteiger partial charge >= 0.3 is 0 Å². The highest BCUT2D eigenvalue weighted by Gasteiger charge is 2.51. The van der Waals surface area contributed by atoms with E-state index in [-0.39, 0.29) is 11.5 Å². The first-order chi connectivity index (χ1) is 17.0. The Morgan fingerprint density at radius 2 is 1.83 bits per heavy atom. The Morgan fingerprint density at radius 1 is 1.11 bits per heavy atom. The summed E-state index contributed by atoms with van der Waals surface area (Å²) in [5, 5.41) is 10.1. The van der Waals surface area contributed by atoms with E-state index in [0.29, 0.717) is 42.4 Å². The molecular weight excluding hydrogens is 460 g/mol. The molecule has 1 heterocycles. The standard InChI is InChI=1S/C28H36N2O6/c1-17(2)16-36-22-11-9-20(14-18(22)3)26(32)24-25(19-8-10-21(31)23(15-19)35-6)30(28(34)27(24)33)13-7-12-29(4)5/h8-11,14-15,17,24-25,31H,7,12-13,16H2,1-6H3/p+1. The van der Waals surface area contributed by atoms with E-state index >= 15 is 0 Å². The van der Waals surface area contributed by atoms with Gasteiger partial charge in [-0.05, 0) is 54.3 Å². The molecule has 2 unspecified atom stereocenters. The Hall–Kier alpha value is -3.39. The summed E-state index contributed by atoms with van der Waals surface area (Å²) >= 11 is 0. The molecule has 1 saturated heterocycles. The van der Waals surface area contributed by atoms with Crippen LogP contribution in [0.3, 0.4) is 0 Å². The number of nitrogens with zero attached hydrogens (tertiary/aromatic N) is 1. The summed E-state index contributed by atoms with van der Waals surface area (Å²) in [6, 6.07) is 8.98. The molecule has 8 heteroatoms. The van der Waals surface area contributed by atoms with Crippen molar-refractivity contribution < 1.29 is 33.9 Å². The number of carbonyl (C=O) groups is 3. The number of quaternary nitrogens is 1. The molecule has 2 N–H and O–H groups in total. The maximum Gasteiger partial charge on any atom is 0.291 e. The Labute approximate surface area is 212 Å². The van der Waals surface area contributed by atoms with E-state index in [1.807, 2.05) is 21.0 Å². The molecule has 1 aliphatic rings. The van der Waals surface area contributed by atoms with Crippen LogP contribution in [0.5, 0.6) is 17.2 Å². The minimum atomic E-state index is -1.19. The number of rotatable bonds is 11. The van der Waals surface area contributed by atoms with Crippen LogP contribution in [0.1, 0.15) is 47.8 Å². The molecule has 0 bridgehead atoms. The smallest absolute Gasteiger partial charge is 0.291 e. The van der Waals surface area contributed by atoms with Crippen molar-refractivity contribution in [3.63, 3.8) is 0 Å². The molecule has 1 amide bonds. The predicted octanol–water partition coefficient (Wildman–Crippen LogP) is 2.23. The molecule has 3 rings (SSSR count). The van der Waals surface area contributed by atoms with E-state index < -0.39 is 29.4 Å². The van der Waals surface area contributed by atoms with Crippen LogP contribution in [0.4, 0.5) is 0 Å². The first kappa shape index (κ1) is 27.2. The average Bonchev–Trinajstić information content (AvgIpc) is 3.07. The number of ketones is 2. The lowest BCUT2D eigenvalue weighted by Gasteiger charge is -2.28. The Kier molecular flexibility index (Phi) is 8.74. The van der Waals surface area contributed by atoms with Gasteiger partial charge in [0, 0.05) is 18.5 Å². The molecule has 194 valence electrons. The number of carbonyl (C=O) groups excluding carboxylic acids is 3. The first-order valence-corrected chi connectivity index (χ1v) is 12.3. The summed E-state index contributed by atoms with van der Waals surface area (Å²) in [5.41, 5.74) is 1.70. The van der Waals surface area contributed by atoms with Gasteiger partial charge in [0.15, 0.2) is 17.3 Å². The first-order valence-electron chi connectivity index (χ1n) is 12.3. The third-order valence-electron chi connectivity index (χ3n) is 6.34. The van der Waals surface area contributed by atoms with Crippen LogP contribution in [-0.2, 0) is 9.59 Å². The van der Waals surface area contributed by atoms with E-state index in [0.717, 1.165) is 12.1 Å². The van der Waals surface area contributed by atoms with Crippen molar-refractivity contribution in [2.45, 2.75) is 33.2 Å². The highest BCUT2D eigenvalue weighted by atomic mass is 16.5. The van der Waals surface area contributed by atoms with Crippen molar-refractivity contribution in [1.29, 1.82) is 0 Å². The van der Waals surface area contributed by atoms with Crippen LogP contribution < -0.4 is 14.4 Å². The van der Waals surface area contributed by atoms with E-state index in [1.54, 1.807) is 30.3 Å². The summed E-state index contributed by atoms with van der Waals surface area (Å²) in [4.78, 5) is 42.8. The lowest BCUT2D eigenvalue weighted by Crippen LogP contribution is -3.05. The van der Waals surface area contributed by atoms with Crippen LogP contribution in [0, 0.1) is 18.8 Å². The van der Waals surface area contributed by atoms with Crippen molar-refractivity contribution >= 4 is 17.5 Å². The molecule has 0 aliphatic carbocycles. The van der Waals surface area contributed by atoms with Gasteiger partial charge in [0.25, 0.3) is 5.91 Å². The van der Waals surface area contributed by atoms with Gasteiger partial charge in [0.1, 0.15) is 11.7 Å². The highest BCUT2D eigenvalue weighted by Crippen LogP contribution is 2.41. The Morgan fingerprint density at radius 3 is 2.44 bits per heavy atom. The van der Waals surface area contributed by atoms with Crippen molar-refractivity contribution in [2.24, 2.45) is 11.8 Å². The lowest BCUT2D eigenvalue weighted by atomic mass is 9.85. The van der Waals surface area contributed by atoms with E-state index in [4.69, 9.17) is 9.47 Å². The number of aromatic hydroxyl groups is 1. The number of phenols is 1. The van der Waals surface area contributed by atoms with Gasteiger partial charge in [0.05, 0.1) is 40.4 Å². The summed E-state index contributed by atoms with van der Waals surface area (Å²) in [6.07, 6.45) is 0.676. The van der Waals surface area contributed by atoms with Gasteiger partial charge in [-0.2, -0.15) is 0 Å². The van der Waals surface area contributed by atoms with E-state index in [1.165, 1.54) is 23.0 Å². The normalized spacial score (nSPS) is 17.8. The molecule has 0 radical (unpaired) electrons. The fourth-order valence-electron chi connectivity index (χ4n) is 4.48. The lowest BCUT2D eigenvalue weighted by molar-refractivity contribution is -0.858. The van der Waals surface area contributed by atoms with E-state index in [9.17, 15) is 19.5 Å². The molecule has 2 aromatic carbocycles. The second-order valence-electron chi connectivity index (χ2n) is 10.1. The van der Waals surface area contributed by atoms with Crippen molar-refractivity contribution in [3.05, 3.63) is 53.1 Å². The number of phenolic OH excluding ortho intramolecular Hbond substituents is 1. The molecule has 0 saturated carbocycles. The number of methoxy groups -OCH3 is 1. The number of benzene rings is 2. The second-order valence-corrected chi connectivity index (χ2v) is 10.1. The van der Waals surface area contributed by atoms with Crippen LogP contribution in [0.15, 0.2) is 36.4 Å². The van der Waals surface area contributed by atoms with Gasteiger partial charge < -0.3 is 24.4 Å². The fraction of sp³-hybridized carbons (Fsp3) is 0.464. The van der Waals surface area contributed by atoms with Crippen LogP contribution in [0.25, 0.3) is 0 Å². The zero-order valence-electron chi connectivity index (χ0n) is 22.0. The predicted molar refractivity (Wildman–Crippen MR) is 136 cm³/mol. The summed E-state index contributed by atoms with van der Waals surface area (Å²) in [6.45, 7) is 7.66. The minimum Gasteiger partial charge on any atom is -0.504 e. The summed E-state index contributed by atoms with van der Waals surface area (Å²) in [5.74, 6) is -1.79. The molecule has 0 spiro atoms. The minimum absolute atomic E-state index is 0.0601. The molecule has 0 aromatic heterocycles. The van der Waals surface area contributed by atoms with Gasteiger partial charge in [-0.3, -0.25) is 14.4 Å². The van der Waals surface area contributed by atoms with Gasteiger partial charge in [-0.1, -0.05) is 19.9 Å². The topological polar surface area (TPSA) is 97.6 Å². The maximum atomic E-state index is 13.7. The largest absolute Gasteiger partial charge is 0.504 e. The molecule has 1 aliphatic heterocycles. The third kappa shape index (κ3) is 5.87. The summed E-state index contributed by atoms with van der Waals surface area (Å²) in [7, 11) is 5.46. The fourth-order valence-corrected chi connectivity index (χ4v) is 4.48. The van der Waals surface area contributed by atoms with E-state index in [2.05, 4.69) is 13.8 Å².